The van der Waals surface area contributed by atoms with E-state index in [9.17, 15) is 9.59 Å². The average Bonchev–Trinajstić information content (AvgIpc) is 3.24. The maximum atomic E-state index is 12.9. The topological polar surface area (TPSA) is 88.9 Å². The number of rotatable bonds is 9. The Labute approximate surface area is 186 Å². The fourth-order valence-electron chi connectivity index (χ4n) is 3.27. The van der Waals surface area contributed by atoms with Crippen LogP contribution in [0, 0.1) is 0 Å². The van der Waals surface area contributed by atoms with Crippen molar-refractivity contribution in [2.75, 3.05) is 27.9 Å². The highest BCUT2D eigenvalue weighted by atomic mass is 16.5. The molecule has 0 radical (unpaired) electrons. The van der Waals surface area contributed by atoms with E-state index in [1.54, 1.807) is 42.5 Å². The molecule has 0 fully saturated rings. The Bertz CT molecular complexity index is 1090. The van der Waals surface area contributed by atoms with Crippen molar-refractivity contribution < 1.29 is 28.5 Å². The molecule has 0 saturated carbocycles. The number of para-hydroxylation sites is 2. The lowest BCUT2D eigenvalue weighted by Crippen LogP contribution is -2.15. The van der Waals surface area contributed by atoms with Crippen LogP contribution < -0.4 is 9.47 Å². The quantitative estimate of drug-likeness (QED) is 0.363. The van der Waals surface area contributed by atoms with Crippen LogP contribution in [0.1, 0.15) is 40.6 Å². The van der Waals surface area contributed by atoms with Crippen LogP contribution in [-0.2, 0) is 9.47 Å². The number of benzene rings is 2. The number of methoxy groups -OCH3 is 3. The minimum Gasteiger partial charge on any atom is -0.493 e. The molecule has 0 amide bonds. The van der Waals surface area contributed by atoms with Crippen LogP contribution in [0.2, 0.25) is 0 Å². The van der Waals surface area contributed by atoms with E-state index in [-0.39, 0.29) is 17.0 Å². The van der Waals surface area contributed by atoms with E-state index in [2.05, 4.69) is 12.0 Å². The maximum absolute atomic E-state index is 12.9. The summed E-state index contributed by atoms with van der Waals surface area (Å²) >= 11 is 0. The lowest BCUT2D eigenvalue weighted by atomic mass is 10.0. The van der Waals surface area contributed by atoms with Gasteiger partial charge in [0.15, 0.2) is 17.2 Å². The summed E-state index contributed by atoms with van der Waals surface area (Å²) < 4.78 is 22.9. The number of ether oxygens (including phenoxy) is 4. The SMILES string of the molecule is CCCCOc1c(OC)cccc1-c1nn(-c2ccccc2)c(C(=O)OC)c1C(=O)OC. The third-order valence-corrected chi connectivity index (χ3v) is 4.85. The monoisotopic (exact) mass is 438 g/mol. The zero-order valence-corrected chi connectivity index (χ0v) is 18.6. The molecule has 0 bridgehead atoms. The Morgan fingerprint density at radius 3 is 2.28 bits per heavy atom. The molecule has 0 N–H and O–H groups in total. The third-order valence-electron chi connectivity index (χ3n) is 4.85. The average molecular weight is 438 g/mol. The van der Waals surface area contributed by atoms with Gasteiger partial charge in [-0.1, -0.05) is 37.6 Å². The number of carbonyl (C=O) groups excluding carboxylic acids is 2. The first-order valence-corrected chi connectivity index (χ1v) is 10.2. The summed E-state index contributed by atoms with van der Waals surface area (Å²) in [5, 5.41) is 4.63. The van der Waals surface area contributed by atoms with Gasteiger partial charge in [-0.2, -0.15) is 5.10 Å². The summed E-state index contributed by atoms with van der Waals surface area (Å²) in [6, 6.07) is 14.3. The molecule has 1 heterocycles. The molecular formula is C24H26N2O6. The van der Waals surface area contributed by atoms with Crippen molar-refractivity contribution in [1.29, 1.82) is 0 Å². The van der Waals surface area contributed by atoms with E-state index in [1.807, 2.05) is 6.07 Å². The molecule has 8 nitrogen and oxygen atoms in total. The molecule has 0 atom stereocenters. The number of carbonyl (C=O) groups is 2. The number of esters is 2. The van der Waals surface area contributed by atoms with Crippen LogP contribution >= 0.6 is 0 Å². The highest BCUT2D eigenvalue weighted by molar-refractivity contribution is 6.07. The third kappa shape index (κ3) is 4.44. The summed E-state index contributed by atoms with van der Waals surface area (Å²) in [5.74, 6) is -0.514. The normalized spacial score (nSPS) is 10.5. The van der Waals surface area contributed by atoms with Crippen molar-refractivity contribution in [3.8, 4) is 28.4 Å². The van der Waals surface area contributed by atoms with Crippen molar-refractivity contribution in [1.82, 2.24) is 9.78 Å². The molecule has 2 aromatic carbocycles. The van der Waals surface area contributed by atoms with E-state index in [1.165, 1.54) is 26.0 Å². The van der Waals surface area contributed by atoms with Crippen molar-refractivity contribution in [3.05, 3.63) is 59.8 Å². The molecule has 3 rings (SSSR count). The molecule has 0 spiro atoms. The molecular weight excluding hydrogens is 412 g/mol. The lowest BCUT2D eigenvalue weighted by molar-refractivity contribution is 0.0549. The predicted molar refractivity (Wildman–Crippen MR) is 119 cm³/mol. The maximum Gasteiger partial charge on any atom is 0.357 e. The van der Waals surface area contributed by atoms with E-state index >= 15 is 0 Å². The standard InChI is InChI=1S/C24H26N2O6/c1-5-6-15-32-22-17(13-10-14-18(22)29-2)20-19(23(27)30-3)21(24(28)31-4)26(25-20)16-11-8-7-9-12-16/h7-14H,5-6,15H2,1-4H3. The number of unbranched alkanes of at least 4 members (excludes halogenated alkanes) is 1. The van der Waals surface area contributed by atoms with Gasteiger partial charge in [0.05, 0.1) is 33.6 Å². The minimum atomic E-state index is -0.718. The van der Waals surface area contributed by atoms with Crippen LogP contribution in [0.3, 0.4) is 0 Å². The summed E-state index contributed by atoms with van der Waals surface area (Å²) in [6.45, 7) is 2.52. The molecule has 3 aromatic rings. The van der Waals surface area contributed by atoms with E-state index in [0.29, 0.717) is 29.4 Å². The van der Waals surface area contributed by atoms with Gasteiger partial charge in [-0.05, 0) is 30.7 Å². The van der Waals surface area contributed by atoms with Crippen molar-refractivity contribution in [2.24, 2.45) is 0 Å². The molecule has 0 unspecified atom stereocenters. The Kier molecular flexibility index (Phi) is 7.49. The highest BCUT2D eigenvalue weighted by Crippen LogP contribution is 2.40. The highest BCUT2D eigenvalue weighted by Gasteiger charge is 2.33. The molecule has 0 aliphatic rings. The molecule has 0 aliphatic carbocycles. The van der Waals surface area contributed by atoms with Gasteiger partial charge in [-0.15, -0.1) is 0 Å². The second-order valence-electron chi connectivity index (χ2n) is 6.84. The molecule has 0 aliphatic heterocycles. The van der Waals surface area contributed by atoms with Crippen molar-refractivity contribution in [3.63, 3.8) is 0 Å². The number of hydrogen-bond acceptors (Lipinski definition) is 7. The summed E-state index contributed by atoms with van der Waals surface area (Å²) in [7, 11) is 4.03. The fourth-order valence-corrected chi connectivity index (χ4v) is 3.27. The minimum absolute atomic E-state index is 0.0169. The predicted octanol–water partition coefficient (Wildman–Crippen LogP) is 4.30. The summed E-state index contributed by atoms with van der Waals surface area (Å²) in [5.41, 5.74) is 1.26. The molecule has 32 heavy (non-hydrogen) atoms. The van der Waals surface area contributed by atoms with E-state index in [0.717, 1.165) is 12.8 Å². The van der Waals surface area contributed by atoms with Crippen LogP contribution in [0.4, 0.5) is 0 Å². The Hall–Kier alpha value is -3.81. The number of hydrogen-bond donors (Lipinski definition) is 0. The Morgan fingerprint density at radius 2 is 1.66 bits per heavy atom. The van der Waals surface area contributed by atoms with Gasteiger partial charge in [-0.3, -0.25) is 0 Å². The zero-order valence-electron chi connectivity index (χ0n) is 18.6. The molecule has 8 heteroatoms. The molecule has 168 valence electrons. The van der Waals surface area contributed by atoms with Crippen LogP contribution in [0.5, 0.6) is 11.5 Å². The van der Waals surface area contributed by atoms with Crippen molar-refractivity contribution in [2.45, 2.75) is 19.8 Å². The van der Waals surface area contributed by atoms with Gasteiger partial charge < -0.3 is 18.9 Å². The first-order chi connectivity index (χ1) is 15.6. The van der Waals surface area contributed by atoms with Gasteiger partial charge in [0.1, 0.15) is 11.3 Å². The van der Waals surface area contributed by atoms with E-state index < -0.39 is 11.9 Å². The number of nitrogens with zero attached hydrogens (tertiary/aromatic N) is 2. The Balaban J connectivity index is 2.33. The van der Waals surface area contributed by atoms with Gasteiger partial charge in [0.25, 0.3) is 0 Å². The largest absolute Gasteiger partial charge is 0.493 e. The zero-order chi connectivity index (χ0) is 23.1. The van der Waals surface area contributed by atoms with Gasteiger partial charge in [0, 0.05) is 5.56 Å². The second kappa shape index (κ2) is 10.5. The smallest absolute Gasteiger partial charge is 0.357 e. The first-order valence-electron chi connectivity index (χ1n) is 10.2. The van der Waals surface area contributed by atoms with Crippen LogP contribution in [0.25, 0.3) is 16.9 Å². The first kappa shape index (κ1) is 22.9. The van der Waals surface area contributed by atoms with Gasteiger partial charge in [0.2, 0.25) is 0 Å². The second-order valence-corrected chi connectivity index (χ2v) is 6.84. The van der Waals surface area contributed by atoms with Gasteiger partial charge in [-0.25, -0.2) is 14.3 Å². The molecule has 0 saturated heterocycles. The van der Waals surface area contributed by atoms with Gasteiger partial charge >= 0.3 is 11.9 Å². The van der Waals surface area contributed by atoms with E-state index in [4.69, 9.17) is 18.9 Å². The fraction of sp³-hybridized carbons (Fsp3) is 0.292. The lowest BCUT2D eigenvalue weighted by Gasteiger charge is -2.14. The van der Waals surface area contributed by atoms with Crippen molar-refractivity contribution >= 4 is 11.9 Å². The summed E-state index contributed by atoms with van der Waals surface area (Å²) in [4.78, 5) is 25.6. The van der Waals surface area contributed by atoms with Crippen LogP contribution in [0.15, 0.2) is 48.5 Å². The van der Waals surface area contributed by atoms with Crippen LogP contribution in [-0.4, -0.2) is 49.7 Å². The Morgan fingerprint density at radius 1 is 0.938 bits per heavy atom. The number of aromatic nitrogens is 2. The molecule has 1 aromatic heterocycles. The summed E-state index contributed by atoms with van der Waals surface area (Å²) in [6.07, 6.45) is 1.79.